The van der Waals surface area contributed by atoms with Crippen LogP contribution >= 0.6 is 0 Å². The number of carbonyl (C=O) groups excluding carboxylic acids is 2. The van der Waals surface area contributed by atoms with Crippen LogP contribution in [0.25, 0.3) is 11.1 Å². The fraction of sp³-hybridized carbons (Fsp3) is 0.280. The molecule has 1 aromatic heterocycles. The first-order valence-corrected chi connectivity index (χ1v) is 11.0. The van der Waals surface area contributed by atoms with E-state index in [0.717, 1.165) is 27.2 Å². The monoisotopic (exact) mass is 478 g/mol. The Morgan fingerprint density at radius 3 is 2.31 bits per heavy atom. The standard InChI is InChI=1S/C25H26N4O6/c1-28-23(20(13-26-28)24(32)29(11-12-34-2)14-22(30)31)27-25(33)35-15-21-18-9-5-3-7-16(18)17-8-4-6-10-19(17)21/h3-10,13,21H,11-12,14-15H2,1-2H3,(H,27,33)(H,30,31). The second kappa shape index (κ2) is 10.4. The molecule has 2 aromatic carbocycles. The largest absolute Gasteiger partial charge is 0.480 e. The normalized spacial score (nSPS) is 12.1. The minimum Gasteiger partial charge on any atom is -0.480 e. The maximum atomic E-state index is 13.0. The minimum absolute atomic E-state index is 0.0540. The van der Waals surface area contributed by atoms with Gasteiger partial charge in [0.1, 0.15) is 24.5 Å². The zero-order valence-corrected chi connectivity index (χ0v) is 19.4. The van der Waals surface area contributed by atoms with Crippen molar-refractivity contribution >= 4 is 23.8 Å². The summed E-state index contributed by atoms with van der Waals surface area (Å²) < 4.78 is 11.9. The molecule has 182 valence electrons. The van der Waals surface area contributed by atoms with Gasteiger partial charge in [-0.25, -0.2) is 4.79 Å². The number of ether oxygens (including phenoxy) is 2. The van der Waals surface area contributed by atoms with Crippen molar-refractivity contribution in [3.8, 4) is 11.1 Å². The lowest BCUT2D eigenvalue weighted by atomic mass is 9.98. The number of carboxylic acid groups (broad SMARTS) is 1. The molecule has 10 heteroatoms. The van der Waals surface area contributed by atoms with Crippen LogP contribution in [0.5, 0.6) is 0 Å². The second-order valence-corrected chi connectivity index (χ2v) is 8.09. The summed E-state index contributed by atoms with van der Waals surface area (Å²) >= 11 is 0. The number of nitrogens with one attached hydrogen (secondary N) is 1. The van der Waals surface area contributed by atoms with Crippen LogP contribution in [0.15, 0.2) is 54.7 Å². The van der Waals surface area contributed by atoms with E-state index < -0.39 is 24.5 Å². The molecule has 2 N–H and O–H groups in total. The molecule has 0 fully saturated rings. The van der Waals surface area contributed by atoms with Crippen LogP contribution in [0.4, 0.5) is 10.6 Å². The van der Waals surface area contributed by atoms with Crippen molar-refractivity contribution in [2.45, 2.75) is 5.92 Å². The molecule has 2 amide bonds. The molecule has 1 aliphatic carbocycles. The van der Waals surface area contributed by atoms with Gasteiger partial charge in [0.2, 0.25) is 0 Å². The van der Waals surface area contributed by atoms with Crippen LogP contribution in [0.1, 0.15) is 27.4 Å². The molecule has 0 radical (unpaired) electrons. The van der Waals surface area contributed by atoms with Gasteiger partial charge in [-0.1, -0.05) is 48.5 Å². The maximum Gasteiger partial charge on any atom is 0.412 e. The van der Waals surface area contributed by atoms with E-state index >= 15 is 0 Å². The Labute approximate surface area is 202 Å². The first-order chi connectivity index (χ1) is 16.9. The third kappa shape index (κ3) is 5.02. The zero-order chi connectivity index (χ0) is 24.9. The Balaban J connectivity index is 1.47. The van der Waals surface area contributed by atoms with Crippen LogP contribution in [-0.2, 0) is 21.3 Å². The molecule has 1 heterocycles. The smallest absolute Gasteiger partial charge is 0.412 e. The Bertz CT molecular complexity index is 1210. The van der Waals surface area contributed by atoms with Gasteiger partial charge in [0, 0.05) is 26.6 Å². The topological polar surface area (TPSA) is 123 Å². The highest BCUT2D eigenvalue weighted by Gasteiger charge is 2.30. The molecular formula is C25H26N4O6. The van der Waals surface area contributed by atoms with Crippen LogP contribution in [0.2, 0.25) is 0 Å². The van der Waals surface area contributed by atoms with Gasteiger partial charge in [0.25, 0.3) is 5.91 Å². The van der Waals surface area contributed by atoms with Gasteiger partial charge < -0.3 is 19.5 Å². The molecule has 4 rings (SSSR count). The van der Waals surface area contributed by atoms with Crippen LogP contribution in [-0.4, -0.2) is 71.2 Å². The highest BCUT2D eigenvalue weighted by molar-refractivity contribution is 6.02. The summed E-state index contributed by atoms with van der Waals surface area (Å²) in [5.41, 5.74) is 4.46. The van der Waals surface area contributed by atoms with Crippen molar-refractivity contribution in [2.75, 3.05) is 38.7 Å². The van der Waals surface area contributed by atoms with Gasteiger partial charge in [-0.3, -0.25) is 19.6 Å². The van der Waals surface area contributed by atoms with Gasteiger partial charge in [0.15, 0.2) is 0 Å². The molecule has 35 heavy (non-hydrogen) atoms. The molecule has 0 saturated heterocycles. The second-order valence-electron chi connectivity index (χ2n) is 8.09. The highest BCUT2D eigenvalue weighted by atomic mass is 16.5. The number of rotatable bonds is 9. The van der Waals surface area contributed by atoms with Crippen molar-refractivity contribution in [3.63, 3.8) is 0 Å². The van der Waals surface area contributed by atoms with Crippen LogP contribution in [0.3, 0.4) is 0 Å². The third-order valence-corrected chi connectivity index (χ3v) is 5.91. The average Bonchev–Trinajstić information content (AvgIpc) is 3.37. The number of carboxylic acids is 1. The Hall–Kier alpha value is -4.18. The predicted octanol–water partition coefficient (Wildman–Crippen LogP) is 2.95. The summed E-state index contributed by atoms with van der Waals surface area (Å²) in [5.74, 6) is -1.75. The van der Waals surface area contributed by atoms with Crippen molar-refractivity contribution in [1.82, 2.24) is 14.7 Å². The first kappa shape index (κ1) is 24.0. The van der Waals surface area contributed by atoms with Crippen molar-refractivity contribution in [1.29, 1.82) is 0 Å². The van der Waals surface area contributed by atoms with Crippen molar-refractivity contribution in [2.24, 2.45) is 7.05 Å². The number of amides is 2. The maximum absolute atomic E-state index is 13.0. The van der Waals surface area contributed by atoms with Crippen LogP contribution in [0, 0.1) is 0 Å². The summed E-state index contributed by atoms with van der Waals surface area (Å²) in [7, 11) is 3.02. The summed E-state index contributed by atoms with van der Waals surface area (Å²) in [6, 6.07) is 16.0. The lowest BCUT2D eigenvalue weighted by Gasteiger charge is -2.20. The van der Waals surface area contributed by atoms with Gasteiger partial charge in [0.05, 0.1) is 12.8 Å². The van der Waals surface area contributed by atoms with E-state index in [1.165, 1.54) is 18.0 Å². The average molecular weight is 479 g/mol. The van der Waals surface area contributed by atoms with E-state index in [4.69, 9.17) is 14.6 Å². The summed E-state index contributed by atoms with van der Waals surface area (Å²) in [5, 5.41) is 15.8. The van der Waals surface area contributed by atoms with Gasteiger partial charge in [-0.2, -0.15) is 5.10 Å². The summed E-state index contributed by atoms with van der Waals surface area (Å²) in [6.07, 6.45) is 0.537. The zero-order valence-electron chi connectivity index (χ0n) is 19.4. The third-order valence-electron chi connectivity index (χ3n) is 5.91. The number of fused-ring (bicyclic) bond motifs is 3. The van der Waals surface area contributed by atoms with E-state index in [0.29, 0.717) is 0 Å². The van der Waals surface area contributed by atoms with E-state index in [2.05, 4.69) is 10.4 Å². The van der Waals surface area contributed by atoms with E-state index in [-0.39, 0.29) is 37.1 Å². The number of aryl methyl sites for hydroxylation is 1. The van der Waals surface area contributed by atoms with E-state index in [9.17, 15) is 14.4 Å². The molecule has 0 saturated carbocycles. The molecular weight excluding hydrogens is 452 g/mol. The predicted molar refractivity (Wildman–Crippen MR) is 127 cm³/mol. The number of anilines is 1. The Kier molecular flexibility index (Phi) is 7.11. The van der Waals surface area contributed by atoms with Gasteiger partial charge in [-0.15, -0.1) is 0 Å². The Morgan fingerprint density at radius 1 is 1.09 bits per heavy atom. The molecule has 0 aliphatic heterocycles. The molecule has 0 spiro atoms. The highest BCUT2D eigenvalue weighted by Crippen LogP contribution is 2.44. The number of carbonyl (C=O) groups is 3. The molecule has 10 nitrogen and oxygen atoms in total. The summed E-state index contributed by atoms with van der Waals surface area (Å²) in [6.45, 7) is -0.170. The molecule has 3 aromatic rings. The number of methoxy groups -OCH3 is 1. The lowest BCUT2D eigenvalue weighted by molar-refractivity contribution is -0.137. The molecule has 0 unspecified atom stereocenters. The number of hydrogen-bond donors (Lipinski definition) is 2. The van der Waals surface area contributed by atoms with E-state index in [1.807, 2.05) is 48.5 Å². The molecule has 1 aliphatic rings. The lowest BCUT2D eigenvalue weighted by Crippen LogP contribution is -2.38. The van der Waals surface area contributed by atoms with Crippen LogP contribution < -0.4 is 5.32 Å². The Morgan fingerprint density at radius 2 is 1.71 bits per heavy atom. The first-order valence-electron chi connectivity index (χ1n) is 11.0. The van der Waals surface area contributed by atoms with Gasteiger partial charge >= 0.3 is 12.1 Å². The minimum atomic E-state index is -1.16. The summed E-state index contributed by atoms with van der Waals surface area (Å²) in [4.78, 5) is 38.1. The number of hydrogen-bond acceptors (Lipinski definition) is 6. The number of aromatic nitrogens is 2. The fourth-order valence-corrected chi connectivity index (χ4v) is 4.26. The SMILES string of the molecule is COCCN(CC(=O)O)C(=O)c1cnn(C)c1NC(=O)OCC1c2ccccc2-c2ccccc21. The quantitative estimate of drug-likeness (QED) is 0.485. The van der Waals surface area contributed by atoms with E-state index in [1.54, 1.807) is 7.05 Å². The fourth-order valence-electron chi connectivity index (χ4n) is 4.26. The number of benzene rings is 2. The number of nitrogens with zero attached hydrogens (tertiary/aromatic N) is 3. The number of aliphatic carboxylic acids is 1. The molecule has 0 bridgehead atoms. The van der Waals surface area contributed by atoms with Crippen molar-refractivity contribution < 1.29 is 29.0 Å². The van der Waals surface area contributed by atoms with Crippen molar-refractivity contribution in [3.05, 3.63) is 71.4 Å². The van der Waals surface area contributed by atoms with Gasteiger partial charge in [-0.05, 0) is 22.3 Å². The molecule has 0 atom stereocenters.